The van der Waals surface area contributed by atoms with Crippen LogP contribution in [-0.4, -0.2) is 60.0 Å². The van der Waals surface area contributed by atoms with Gasteiger partial charge in [0.25, 0.3) is 0 Å². The molecule has 0 bridgehead atoms. The number of rotatable bonds is 5. The first-order chi connectivity index (χ1) is 14.1. The molecule has 164 valence electrons. The average molecular weight is 436 g/mol. The summed E-state index contributed by atoms with van der Waals surface area (Å²) in [4.78, 5) is 7.64. The molecule has 4 rings (SSSR count). The molecule has 2 aromatic carbocycles. The number of hydrogen-bond donors (Lipinski definition) is 0. The first kappa shape index (κ1) is 23.1. The van der Waals surface area contributed by atoms with Crippen LogP contribution < -0.4 is 0 Å². The van der Waals surface area contributed by atoms with Crippen molar-refractivity contribution in [2.24, 2.45) is 0 Å². The van der Waals surface area contributed by atoms with Crippen molar-refractivity contribution >= 4 is 12.4 Å². The highest BCUT2D eigenvalue weighted by atomic mass is 35.5. The van der Waals surface area contributed by atoms with Gasteiger partial charge in [-0.05, 0) is 55.2 Å². The SMILES string of the molecule is CC(c1ccc(F)cc1)N1CCC(N2CCN(Cc3ccc(F)cc3)CC2)CC1.Cl. The molecule has 0 spiro atoms. The molecule has 2 fully saturated rings. The second kappa shape index (κ2) is 10.7. The highest BCUT2D eigenvalue weighted by Crippen LogP contribution is 2.26. The molecule has 0 N–H and O–H groups in total. The Morgan fingerprint density at radius 1 is 0.800 bits per heavy atom. The van der Waals surface area contributed by atoms with Crippen LogP contribution in [0.1, 0.15) is 36.9 Å². The summed E-state index contributed by atoms with van der Waals surface area (Å²) in [5.74, 6) is -0.336. The molecule has 1 atom stereocenters. The lowest BCUT2D eigenvalue weighted by molar-refractivity contribution is 0.0474. The average Bonchev–Trinajstić information content (AvgIpc) is 2.76. The van der Waals surface area contributed by atoms with Gasteiger partial charge in [-0.25, -0.2) is 8.78 Å². The van der Waals surface area contributed by atoms with Gasteiger partial charge in [0.1, 0.15) is 11.6 Å². The van der Waals surface area contributed by atoms with E-state index in [4.69, 9.17) is 0 Å². The molecule has 2 aromatic rings. The summed E-state index contributed by atoms with van der Waals surface area (Å²) in [6.07, 6.45) is 2.40. The zero-order valence-corrected chi connectivity index (χ0v) is 18.5. The molecule has 2 aliphatic heterocycles. The Kier molecular flexibility index (Phi) is 8.23. The van der Waals surface area contributed by atoms with Crippen LogP contribution in [0.3, 0.4) is 0 Å². The Balaban J connectivity index is 0.00000256. The summed E-state index contributed by atoms with van der Waals surface area (Å²) in [5.41, 5.74) is 2.38. The predicted molar refractivity (Wildman–Crippen MR) is 120 cm³/mol. The molecule has 6 heteroatoms. The van der Waals surface area contributed by atoms with Crippen LogP contribution in [0.5, 0.6) is 0 Å². The predicted octanol–water partition coefficient (Wildman–Crippen LogP) is 4.73. The molecule has 0 radical (unpaired) electrons. The molecule has 1 unspecified atom stereocenters. The number of halogens is 3. The van der Waals surface area contributed by atoms with Crippen molar-refractivity contribution in [3.63, 3.8) is 0 Å². The van der Waals surface area contributed by atoms with E-state index in [0.29, 0.717) is 12.1 Å². The van der Waals surface area contributed by atoms with E-state index in [1.165, 1.54) is 24.0 Å². The maximum Gasteiger partial charge on any atom is 0.123 e. The van der Waals surface area contributed by atoms with Crippen LogP contribution in [-0.2, 0) is 6.54 Å². The lowest BCUT2D eigenvalue weighted by Crippen LogP contribution is -2.53. The molecule has 2 saturated heterocycles. The zero-order chi connectivity index (χ0) is 20.2. The van der Waals surface area contributed by atoms with E-state index in [0.717, 1.165) is 45.8 Å². The molecule has 0 saturated carbocycles. The summed E-state index contributed by atoms with van der Waals surface area (Å²) in [5, 5.41) is 0. The summed E-state index contributed by atoms with van der Waals surface area (Å²) in [6.45, 7) is 9.69. The van der Waals surface area contributed by atoms with E-state index in [1.807, 2.05) is 24.3 Å². The van der Waals surface area contributed by atoms with Crippen molar-refractivity contribution in [2.45, 2.75) is 38.4 Å². The molecular weight excluding hydrogens is 404 g/mol. The van der Waals surface area contributed by atoms with Gasteiger partial charge in [-0.1, -0.05) is 24.3 Å². The Bertz CT molecular complexity index is 768. The normalized spacial score (nSPS) is 20.6. The molecule has 2 heterocycles. The van der Waals surface area contributed by atoms with Crippen molar-refractivity contribution in [2.75, 3.05) is 39.3 Å². The lowest BCUT2D eigenvalue weighted by Gasteiger charge is -2.44. The lowest BCUT2D eigenvalue weighted by atomic mass is 9.98. The van der Waals surface area contributed by atoms with Gasteiger partial charge in [0.15, 0.2) is 0 Å². The number of benzene rings is 2. The van der Waals surface area contributed by atoms with Gasteiger partial charge in [0.2, 0.25) is 0 Å². The van der Waals surface area contributed by atoms with Crippen LogP contribution in [0.4, 0.5) is 8.78 Å². The summed E-state index contributed by atoms with van der Waals surface area (Å²) in [6, 6.07) is 14.8. The third-order valence-corrected chi connectivity index (χ3v) is 6.64. The van der Waals surface area contributed by atoms with Crippen LogP contribution in [0.25, 0.3) is 0 Å². The van der Waals surface area contributed by atoms with Gasteiger partial charge in [-0.15, -0.1) is 12.4 Å². The summed E-state index contributed by atoms with van der Waals surface area (Å²) in [7, 11) is 0. The fourth-order valence-corrected chi connectivity index (χ4v) is 4.73. The van der Waals surface area contributed by atoms with Gasteiger partial charge in [0, 0.05) is 57.9 Å². The van der Waals surface area contributed by atoms with E-state index in [9.17, 15) is 8.78 Å². The smallest absolute Gasteiger partial charge is 0.123 e. The van der Waals surface area contributed by atoms with Crippen LogP contribution >= 0.6 is 12.4 Å². The summed E-state index contributed by atoms with van der Waals surface area (Å²) >= 11 is 0. The maximum atomic E-state index is 13.2. The van der Waals surface area contributed by atoms with Gasteiger partial charge in [-0.2, -0.15) is 0 Å². The van der Waals surface area contributed by atoms with Crippen LogP contribution in [0.2, 0.25) is 0 Å². The van der Waals surface area contributed by atoms with Crippen LogP contribution in [0, 0.1) is 11.6 Å². The Morgan fingerprint density at radius 2 is 1.33 bits per heavy atom. The highest BCUT2D eigenvalue weighted by Gasteiger charge is 2.29. The van der Waals surface area contributed by atoms with Crippen molar-refractivity contribution in [1.82, 2.24) is 14.7 Å². The van der Waals surface area contributed by atoms with Crippen molar-refractivity contribution < 1.29 is 8.78 Å². The van der Waals surface area contributed by atoms with E-state index < -0.39 is 0 Å². The Hall–Kier alpha value is -1.53. The minimum Gasteiger partial charge on any atom is -0.298 e. The standard InChI is InChI=1S/C24H31F2N3.ClH/c1-19(21-4-8-23(26)9-5-21)28-12-10-24(11-13-28)29-16-14-27(15-17-29)18-20-2-6-22(25)7-3-20;/h2-9,19,24H,10-18H2,1H3;1H. The molecule has 0 aliphatic carbocycles. The first-order valence-corrected chi connectivity index (χ1v) is 10.8. The number of nitrogens with zero attached hydrogens (tertiary/aromatic N) is 3. The number of likely N-dealkylation sites (tertiary alicyclic amines) is 1. The third-order valence-electron chi connectivity index (χ3n) is 6.64. The number of hydrogen-bond acceptors (Lipinski definition) is 3. The Morgan fingerprint density at radius 3 is 1.90 bits per heavy atom. The van der Waals surface area contributed by atoms with E-state index in [1.54, 1.807) is 24.3 Å². The van der Waals surface area contributed by atoms with Gasteiger partial charge >= 0.3 is 0 Å². The van der Waals surface area contributed by atoms with Crippen molar-refractivity contribution in [3.8, 4) is 0 Å². The van der Waals surface area contributed by atoms with Gasteiger partial charge in [0.05, 0.1) is 0 Å². The molecule has 0 amide bonds. The van der Waals surface area contributed by atoms with E-state index in [2.05, 4.69) is 21.6 Å². The molecule has 30 heavy (non-hydrogen) atoms. The van der Waals surface area contributed by atoms with E-state index >= 15 is 0 Å². The highest BCUT2D eigenvalue weighted by molar-refractivity contribution is 5.85. The molecule has 3 nitrogen and oxygen atoms in total. The number of piperazine rings is 1. The van der Waals surface area contributed by atoms with Crippen molar-refractivity contribution in [3.05, 3.63) is 71.3 Å². The molecule has 0 aromatic heterocycles. The maximum absolute atomic E-state index is 13.2. The fraction of sp³-hybridized carbons (Fsp3) is 0.500. The van der Waals surface area contributed by atoms with Gasteiger partial charge < -0.3 is 0 Å². The first-order valence-electron chi connectivity index (χ1n) is 10.8. The monoisotopic (exact) mass is 435 g/mol. The number of piperidine rings is 1. The molecular formula is C24H32ClF2N3. The topological polar surface area (TPSA) is 9.72 Å². The molecule has 2 aliphatic rings. The minimum atomic E-state index is -0.168. The second-order valence-corrected chi connectivity index (χ2v) is 8.43. The van der Waals surface area contributed by atoms with E-state index in [-0.39, 0.29) is 24.0 Å². The quantitative estimate of drug-likeness (QED) is 0.672. The van der Waals surface area contributed by atoms with Crippen molar-refractivity contribution in [1.29, 1.82) is 0 Å². The Labute approximate surface area is 185 Å². The summed E-state index contributed by atoms with van der Waals surface area (Å²) < 4.78 is 26.3. The largest absolute Gasteiger partial charge is 0.298 e. The fourth-order valence-electron chi connectivity index (χ4n) is 4.73. The second-order valence-electron chi connectivity index (χ2n) is 8.43. The van der Waals surface area contributed by atoms with Crippen LogP contribution in [0.15, 0.2) is 48.5 Å². The third kappa shape index (κ3) is 5.79. The zero-order valence-electron chi connectivity index (χ0n) is 17.6. The van der Waals surface area contributed by atoms with Gasteiger partial charge in [-0.3, -0.25) is 14.7 Å². The minimum absolute atomic E-state index is 0.